The standard InChI is InChI=1S/C30H46N4O2/c1-35-25-17-13-22(14-18-25)28(32)30(24-15-19-26(36-2)20-16-24)34-33-29(23-11-7-4-8-12-23)27(31)21-9-5-3-6-10-21/h13-21,23,27-30,33-34H,3-12,31-32H2,1-2H3. The number of benzene rings is 2. The minimum Gasteiger partial charge on any atom is -0.497 e. The van der Waals surface area contributed by atoms with Crippen LogP contribution in [0.5, 0.6) is 11.5 Å². The lowest BCUT2D eigenvalue weighted by molar-refractivity contribution is 0.160. The van der Waals surface area contributed by atoms with Gasteiger partial charge >= 0.3 is 0 Å². The Balaban J connectivity index is 1.56. The molecule has 198 valence electrons. The van der Waals surface area contributed by atoms with E-state index in [1.54, 1.807) is 14.2 Å². The molecule has 2 fully saturated rings. The molecule has 6 N–H and O–H groups in total. The highest BCUT2D eigenvalue weighted by Crippen LogP contribution is 2.34. The summed E-state index contributed by atoms with van der Waals surface area (Å²) >= 11 is 0. The highest BCUT2D eigenvalue weighted by atomic mass is 16.5. The van der Waals surface area contributed by atoms with E-state index in [4.69, 9.17) is 20.9 Å². The third kappa shape index (κ3) is 6.80. The van der Waals surface area contributed by atoms with Gasteiger partial charge in [0.2, 0.25) is 0 Å². The Morgan fingerprint density at radius 3 is 1.61 bits per heavy atom. The number of hydrazine groups is 1. The zero-order valence-electron chi connectivity index (χ0n) is 22.1. The zero-order chi connectivity index (χ0) is 25.3. The van der Waals surface area contributed by atoms with Crippen molar-refractivity contribution in [3.8, 4) is 11.5 Å². The molecular formula is C30H46N4O2. The van der Waals surface area contributed by atoms with Crippen molar-refractivity contribution in [2.75, 3.05) is 14.2 Å². The molecule has 0 aliphatic heterocycles. The van der Waals surface area contributed by atoms with Crippen molar-refractivity contribution in [3.05, 3.63) is 59.7 Å². The van der Waals surface area contributed by atoms with E-state index in [0.717, 1.165) is 22.6 Å². The number of nitrogens with two attached hydrogens (primary N) is 2. The van der Waals surface area contributed by atoms with Crippen LogP contribution in [0.15, 0.2) is 48.5 Å². The van der Waals surface area contributed by atoms with Crippen molar-refractivity contribution >= 4 is 0 Å². The highest BCUT2D eigenvalue weighted by molar-refractivity contribution is 5.34. The van der Waals surface area contributed by atoms with E-state index >= 15 is 0 Å². The summed E-state index contributed by atoms with van der Waals surface area (Å²) in [6.45, 7) is 0. The van der Waals surface area contributed by atoms with Gasteiger partial charge in [-0.05, 0) is 72.9 Å². The lowest BCUT2D eigenvalue weighted by atomic mass is 9.74. The van der Waals surface area contributed by atoms with E-state index in [1.807, 2.05) is 36.4 Å². The molecule has 6 heteroatoms. The number of nitrogens with one attached hydrogen (secondary N) is 2. The van der Waals surface area contributed by atoms with Crippen LogP contribution in [0.25, 0.3) is 0 Å². The average Bonchev–Trinajstić information content (AvgIpc) is 2.96. The zero-order valence-corrected chi connectivity index (χ0v) is 22.1. The first-order valence-electron chi connectivity index (χ1n) is 13.9. The predicted molar refractivity (Wildman–Crippen MR) is 147 cm³/mol. The summed E-state index contributed by atoms with van der Waals surface area (Å²) in [4.78, 5) is 0. The number of ether oxygens (including phenoxy) is 2. The first-order valence-corrected chi connectivity index (χ1v) is 13.9. The lowest BCUT2D eigenvalue weighted by Crippen LogP contribution is -2.59. The minimum absolute atomic E-state index is 0.131. The van der Waals surface area contributed by atoms with Crippen LogP contribution in [0.4, 0.5) is 0 Å². The van der Waals surface area contributed by atoms with Crippen molar-refractivity contribution in [2.24, 2.45) is 23.3 Å². The minimum atomic E-state index is -0.255. The summed E-state index contributed by atoms with van der Waals surface area (Å²) in [7, 11) is 3.37. The molecule has 0 radical (unpaired) electrons. The number of rotatable bonds is 11. The molecule has 4 atom stereocenters. The fraction of sp³-hybridized carbons (Fsp3) is 0.600. The van der Waals surface area contributed by atoms with Gasteiger partial charge in [-0.2, -0.15) is 0 Å². The fourth-order valence-corrected chi connectivity index (χ4v) is 6.23. The smallest absolute Gasteiger partial charge is 0.118 e. The van der Waals surface area contributed by atoms with Crippen LogP contribution >= 0.6 is 0 Å². The SMILES string of the molecule is COc1ccc(C(N)C(NNC(C2CCCCC2)C(N)C2CCCCC2)c2ccc(OC)cc2)cc1. The monoisotopic (exact) mass is 494 g/mol. The van der Waals surface area contributed by atoms with Gasteiger partial charge in [0.25, 0.3) is 0 Å². The average molecular weight is 495 g/mol. The molecule has 0 aromatic heterocycles. The van der Waals surface area contributed by atoms with Crippen LogP contribution < -0.4 is 31.8 Å². The summed E-state index contributed by atoms with van der Waals surface area (Å²) in [5.41, 5.74) is 23.6. The second-order valence-corrected chi connectivity index (χ2v) is 10.7. The second-order valence-electron chi connectivity index (χ2n) is 10.7. The van der Waals surface area contributed by atoms with Gasteiger partial charge in [0.05, 0.1) is 26.3 Å². The summed E-state index contributed by atoms with van der Waals surface area (Å²) in [5, 5.41) is 0. The van der Waals surface area contributed by atoms with Gasteiger partial charge < -0.3 is 20.9 Å². The van der Waals surface area contributed by atoms with Crippen LogP contribution in [-0.4, -0.2) is 26.3 Å². The van der Waals surface area contributed by atoms with Gasteiger partial charge in [0.15, 0.2) is 0 Å². The largest absolute Gasteiger partial charge is 0.497 e. The Hall–Kier alpha value is -2.12. The first kappa shape index (κ1) is 26.9. The van der Waals surface area contributed by atoms with Crippen molar-refractivity contribution in [1.29, 1.82) is 0 Å². The van der Waals surface area contributed by atoms with Gasteiger partial charge in [0.1, 0.15) is 11.5 Å². The van der Waals surface area contributed by atoms with E-state index in [9.17, 15) is 0 Å². The van der Waals surface area contributed by atoms with Gasteiger partial charge in [0, 0.05) is 12.1 Å². The third-order valence-corrected chi connectivity index (χ3v) is 8.51. The van der Waals surface area contributed by atoms with Crippen LogP contribution in [0.2, 0.25) is 0 Å². The molecule has 0 heterocycles. The van der Waals surface area contributed by atoms with E-state index < -0.39 is 0 Å². The van der Waals surface area contributed by atoms with Gasteiger partial charge in [-0.1, -0.05) is 62.8 Å². The fourth-order valence-electron chi connectivity index (χ4n) is 6.23. The van der Waals surface area contributed by atoms with Crippen molar-refractivity contribution in [1.82, 2.24) is 10.9 Å². The van der Waals surface area contributed by atoms with E-state index in [0.29, 0.717) is 11.8 Å². The Morgan fingerprint density at radius 1 is 0.639 bits per heavy atom. The van der Waals surface area contributed by atoms with Gasteiger partial charge in [-0.15, -0.1) is 0 Å². The molecule has 4 unspecified atom stereocenters. The van der Waals surface area contributed by atoms with Crippen LogP contribution in [0, 0.1) is 11.8 Å². The maximum absolute atomic E-state index is 7.04. The van der Waals surface area contributed by atoms with Crippen molar-refractivity contribution < 1.29 is 9.47 Å². The Kier molecular flexibility index (Phi) is 10.0. The summed E-state index contributed by atoms with van der Waals surface area (Å²) in [6.07, 6.45) is 12.9. The van der Waals surface area contributed by atoms with Gasteiger partial charge in [-0.25, -0.2) is 5.43 Å². The Morgan fingerprint density at radius 2 is 1.11 bits per heavy atom. The van der Waals surface area contributed by atoms with E-state index in [1.165, 1.54) is 64.2 Å². The number of hydrogen-bond acceptors (Lipinski definition) is 6. The summed E-state index contributed by atoms with van der Waals surface area (Å²) < 4.78 is 10.8. The topological polar surface area (TPSA) is 94.6 Å². The maximum Gasteiger partial charge on any atom is 0.118 e. The van der Waals surface area contributed by atoms with Crippen LogP contribution in [0.1, 0.15) is 87.4 Å². The quantitative estimate of drug-likeness (QED) is 0.313. The molecule has 0 bridgehead atoms. The molecule has 2 saturated carbocycles. The maximum atomic E-state index is 7.04. The molecule has 2 aromatic rings. The van der Waals surface area contributed by atoms with Crippen LogP contribution in [-0.2, 0) is 0 Å². The molecule has 0 amide bonds. The Bertz CT molecular complexity index is 892. The van der Waals surface area contributed by atoms with Crippen molar-refractivity contribution in [2.45, 2.75) is 88.4 Å². The second kappa shape index (κ2) is 13.4. The molecule has 2 aliphatic rings. The number of methoxy groups -OCH3 is 2. The van der Waals surface area contributed by atoms with E-state index in [2.05, 4.69) is 23.0 Å². The van der Waals surface area contributed by atoms with E-state index in [-0.39, 0.29) is 24.2 Å². The highest BCUT2D eigenvalue weighted by Gasteiger charge is 2.34. The molecule has 2 aromatic carbocycles. The normalized spacial score (nSPS) is 20.9. The molecular weight excluding hydrogens is 448 g/mol. The third-order valence-electron chi connectivity index (χ3n) is 8.51. The van der Waals surface area contributed by atoms with Crippen molar-refractivity contribution in [3.63, 3.8) is 0 Å². The summed E-state index contributed by atoms with van der Waals surface area (Å²) in [5.74, 6) is 2.85. The molecule has 4 rings (SSSR count). The molecule has 6 nitrogen and oxygen atoms in total. The number of hydrogen-bond donors (Lipinski definition) is 4. The Labute approximate surface area is 217 Å². The van der Waals surface area contributed by atoms with Gasteiger partial charge in [-0.3, -0.25) is 5.43 Å². The summed E-state index contributed by atoms with van der Waals surface area (Å²) in [6, 6.07) is 16.2. The lowest BCUT2D eigenvalue weighted by Gasteiger charge is -2.41. The molecule has 36 heavy (non-hydrogen) atoms. The molecule has 0 saturated heterocycles. The predicted octanol–water partition coefficient (Wildman–Crippen LogP) is 5.40. The molecule has 0 spiro atoms. The van der Waals surface area contributed by atoms with Crippen LogP contribution in [0.3, 0.4) is 0 Å². The first-order chi connectivity index (χ1) is 17.6. The molecule has 2 aliphatic carbocycles.